The number of amidine groups is 1. The lowest BCUT2D eigenvalue weighted by molar-refractivity contribution is -0.617. The standard InChI is InChI=1S/C8H7F2N3O2/c9-8(10,13(14)15)7(11)12-6-4-2-1-3-5-6/h1-5H,(H2,11,12). The van der Waals surface area contributed by atoms with E-state index >= 15 is 0 Å². The normalized spacial score (nSPS) is 12.5. The highest BCUT2D eigenvalue weighted by atomic mass is 19.3. The molecule has 0 spiro atoms. The van der Waals surface area contributed by atoms with Gasteiger partial charge in [-0.25, -0.2) is 4.99 Å². The van der Waals surface area contributed by atoms with Crippen LogP contribution in [0.15, 0.2) is 35.3 Å². The number of benzene rings is 1. The van der Waals surface area contributed by atoms with E-state index in [0.717, 1.165) is 0 Å². The van der Waals surface area contributed by atoms with Crippen molar-refractivity contribution in [1.82, 2.24) is 0 Å². The molecule has 15 heavy (non-hydrogen) atoms. The number of halogens is 2. The van der Waals surface area contributed by atoms with Crippen molar-refractivity contribution in [3.05, 3.63) is 40.4 Å². The van der Waals surface area contributed by atoms with Crippen molar-refractivity contribution < 1.29 is 13.7 Å². The molecule has 0 saturated carbocycles. The average molecular weight is 215 g/mol. The molecule has 80 valence electrons. The van der Waals surface area contributed by atoms with Crippen LogP contribution in [0.4, 0.5) is 14.5 Å². The Hall–Kier alpha value is -2.05. The van der Waals surface area contributed by atoms with E-state index < -0.39 is 16.8 Å². The maximum atomic E-state index is 12.7. The van der Waals surface area contributed by atoms with E-state index in [9.17, 15) is 18.9 Å². The number of hydrogen-bond acceptors (Lipinski definition) is 3. The highest BCUT2D eigenvalue weighted by Gasteiger charge is 2.49. The van der Waals surface area contributed by atoms with Crippen molar-refractivity contribution in [1.29, 1.82) is 0 Å². The van der Waals surface area contributed by atoms with Crippen LogP contribution in [0.3, 0.4) is 0 Å². The van der Waals surface area contributed by atoms with Crippen LogP contribution in [0.5, 0.6) is 0 Å². The maximum absolute atomic E-state index is 12.7. The topological polar surface area (TPSA) is 81.5 Å². The second kappa shape index (κ2) is 3.99. The summed E-state index contributed by atoms with van der Waals surface area (Å²) in [7, 11) is 0. The molecule has 5 nitrogen and oxygen atoms in total. The van der Waals surface area contributed by atoms with Gasteiger partial charge in [-0.15, -0.1) is 8.78 Å². The van der Waals surface area contributed by atoms with Crippen molar-refractivity contribution in [2.45, 2.75) is 6.05 Å². The highest BCUT2D eigenvalue weighted by Crippen LogP contribution is 2.18. The van der Waals surface area contributed by atoms with Gasteiger partial charge in [-0.3, -0.25) is 10.1 Å². The van der Waals surface area contributed by atoms with E-state index in [0.29, 0.717) is 0 Å². The SMILES string of the molecule is NC(=Nc1ccccc1)C(F)(F)[N+](=O)[O-]. The summed E-state index contributed by atoms with van der Waals surface area (Å²) in [6.45, 7) is 0. The Morgan fingerprint density at radius 2 is 1.93 bits per heavy atom. The molecule has 0 aliphatic rings. The van der Waals surface area contributed by atoms with Crippen LogP contribution in [-0.4, -0.2) is 16.8 Å². The lowest BCUT2D eigenvalue weighted by Gasteiger charge is -2.05. The minimum atomic E-state index is -4.34. The number of rotatable bonds is 3. The molecule has 0 unspecified atom stereocenters. The molecule has 0 atom stereocenters. The van der Waals surface area contributed by atoms with Gasteiger partial charge in [0, 0.05) is 0 Å². The monoisotopic (exact) mass is 215 g/mol. The largest absolute Gasteiger partial charge is 0.572 e. The Bertz CT molecular complexity index is 392. The van der Waals surface area contributed by atoms with Gasteiger partial charge in [-0.2, -0.15) is 0 Å². The molecule has 7 heteroatoms. The molecule has 0 bridgehead atoms. The Balaban J connectivity index is 2.99. The van der Waals surface area contributed by atoms with Crippen molar-refractivity contribution >= 4 is 11.5 Å². The van der Waals surface area contributed by atoms with E-state index in [4.69, 9.17) is 5.73 Å². The third kappa shape index (κ3) is 2.46. The van der Waals surface area contributed by atoms with Crippen LogP contribution in [0.1, 0.15) is 0 Å². The van der Waals surface area contributed by atoms with Gasteiger partial charge < -0.3 is 5.73 Å². The first-order chi connectivity index (χ1) is 6.94. The summed E-state index contributed by atoms with van der Waals surface area (Å²) < 4.78 is 25.3. The summed E-state index contributed by atoms with van der Waals surface area (Å²) in [5.41, 5.74) is 4.98. The fourth-order valence-electron chi connectivity index (χ4n) is 0.802. The number of aliphatic imine (C=N–C) groups is 1. The van der Waals surface area contributed by atoms with Gasteiger partial charge >= 0.3 is 6.05 Å². The van der Waals surface area contributed by atoms with Gasteiger partial charge in [0.25, 0.3) is 5.84 Å². The summed E-state index contributed by atoms with van der Waals surface area (Å²) in [5, 5.41) is 9.95. The van der Waals surface area contributed by atoms with Crippen molar-refractivity contribution in [3.8, 4) is 0 Å². The van der Waals surface area contributed by atoms with Crippen molar-refractivity contribution in [2.75, 3.05) is 0 Å². The van der Waals surface area contributed by atoms with Crippen LogP contribution in [0, 0.1) is 10.1 Å². The van der Waals surface area contributed by atoms with Crippen molar-refractivity contribution in [3.63, 3.8) is 0 Å². The first kappa shape index (κ1) is 11.0. The Labute approximate surface area is 83.4 Å². The van der Waals surface area contributed by atoms with Crippen LogP contribution in [-0.2, 0) is 0 Å². The van der Waals surface area contributed by atoms with E-state index in [1.165, 1.54) is 12.1 Å². The van der Waals surface area contributed by atoms with E-state index in [-0.39, 0.29) is 5.69 Å². The van der Waals surface area contributed by atoms with E-state index in [2.05, 4.69) is 4.99 Å². The maximum Gasteiger partial charge on any atom is 0.572 e. The molecule has 0 aliphatic heterocycles. The lowest BCUT2D eigenvalue weighted by Crippen LogP contribution is -2.42. The van der Waals surface area contributed by atoms with Gasteiger partial charge in [0.2, 0.25) is 0 Å². The molecule has 1 aromatic rings. The molecular formula is C8H7F2N3O2. The second-order valence-corrected chi connectivity index (χ2v) is 2.63. The third-order valence-electron chi connectivity index (χ3n) is 1.54. The zero-order chi connectivity index (χ0) is 11.5. The predicted molar refractivity (Wildman–Crippen MR) is 49.7 cm³/mol. The Kier molecular flexibility index (Phi) is 2.93. The van der Waals surface area contributed by atoms with Gasteiger partial charge in [0.05, 0.1) is 5.69 Å². The average Bonchev–Trinajstić information content (AvgIpc) is 2.18. The quantitative estimate of drug-likeness (QED) is 0.273. The van der Waals surface area contributed by atoms with E-state index in [1.807, 2.05) is 0 Å². The molecule has 0 radical (unpaired) electrons. The van der Waals surface area contributed by atoms with Crippen LogP contribution >= 0.6 is 0 Å². The van der Waals surface area contributed by atoms with Gasteiger partial charge in [-0.1, -0.05) is 18.2 Å². The minimum Gasteiger partial charge on any atom is -0.376 e. The second-order valence-electron chi connectivity index (χ2n) is 2.63. The molecule has 1 rings (SSSR count). The number of nitro groups is 1. The smallest absolute Gasteiger partial charge is 0.376 e. The molecule has 1 aromatic carbocycles. The number of alkyl halides is 2. The zero-order valence-corrected chi connectivity index (χ0v) is 7.43. The van der Waals surface area contributed by atoms with Gasteiger partial charge in [0.15, 0.2) is 0 Å². The number of hydrogen-bond donors (Lipinski definition) is 1. The Morgan fingerprint density at radius 3 is 2.40 bits per heavy atom. The summed E-state index contributed by atoms with van der Waals surface area (Å²) in [4.78, 5) is 11.4. The summed E-state index contributed by atoms with van der Waals surface area (Å²) in [6, 6.07) is 3.23. The minimum absolute atomic E-state index is 0.136. The number of para-hydroxylation sites is 1. The fourth-order valence-corrected chi connectivity index (χ4v) is 0.802. The first-order valence-corrected chi connectivity index (χ1v) is 3.86. The fraction of sp³-hybridized carbons (Fsp3) is 0.125. The molecule has 0 saturated heterocycles. The van der Waals surface area contributed by atoms with Crippen LogP contribution in [0.2, 0.25) is 0 Å². The van der Waals surface area contributed by atoms with Crippen LogP contribution in [0.25, 0.3) is 0 Å². The summed E-state index contributed by atoms with van der Waals surface area (Å²) >= 11 is 0. The summed E-state index contributed by atoms with van der Waals surface area (Å²) in [6.07, 6.45) is 0. The third-order valence-corrected chi connectivity index (χ3v) is 1.54. The molecule has 2 N–H and O–H groups in total. The molecular weight excluding hydrogens is 208 g/mol. The summed E-state index contributed by atoms with van der Waals surface area (Å²) in [5.74, 6) is -1.33. The first-order valence-electron chi connectivity index (χ1n) is 3.86. The molecule has 0 fully saturated rings. The molecule has 0 amide bonds. The number of nitrogens with two attached hydrogens (primary N) is 1. The highest BCUT2D eigenvalue weighted by molar-refractivity contribution is 5.87. The lowest BCUT2D eigenvalue weighted by atomic mass is 10.3. The van der Waals surface area contributed by atoms with Gasteiger partial charge in [-0.05, 0) is 12.1 Å². The molecule has 0 heterocycles. The molecule has 0 aliphatic carbocycles. The van der Waals surface area contributed by atoms with E-state index in [1.54, 1.807) is 18.2 Å². The molecule has 0 aromatic heterocycles. The van der Waals surface area contributed by atoms with Gasteiger partial charge in [0.1, 0.15) is 4.92 Å². The van der Waals surface area contributed by atoms with Crippen LogP contribution < -0.4 is 5.73 Å². The number of nitrogens with zero attached hydrogens (tertiary/aromatic N) is 2. The predicted octanol–water partition coefficient (Wildman–Crippen LogP) is 1.54. The van der Waals surface area contributed by atoms with Crippen molar-refractivity contribution in [2.24, 2.45) is 10.7 Å². The zero-order valence-electron chi connectivity index (χ0n) is 7.43. The Morgan fingerprint density at radius 1 is 1.40 bits per heavy atom.